The Morgan fingerprint density at radius 2 is 1.28 bits per heavy atom. The minimum Gasteiger partial charge on any atom is -0.478 e. The highest BCUT2D eigenvalue weighted by atomic mass is 16.6. The Kier molecular flexibility index (Phi) is 6.95. The van der Waals surface area contributed by atoms with E-state index in [4.69, 9.17) is 9.47 Å². The fourth-order valence-corrected chi connectivity index (χ4v) is 5.38. The Bertz CT molecular complexity index is 1570. The maximum atomic E-state index is 13.4. The molecule has 1 aliphatic heterocycles. The third-order valence-electron chi connectivity index (χ3n) is 7.30. The number of hydrogen-bond donors (Lipinski definition) is 1. The summed E-state index contributed by atoms with van der Waals surface area (Å²) in [5.41, 5.74) is 2.63. The number of fused-ring (bicyclic) bond motifs is 2. The zero-order chi connectivity index (χ0) is 26.7. The molecule has 2 atom stereocenters. The lowest BCUT2D eigenvalue weighted by molar-refractivity contribution is -0.242. The number of carboxylic acids is 1. The molecule has 0 saturated carbocycles. The summed E-state index contributed by atoms with van der Waals surface area (Å²) in [5.74, 6) is -1.09. The summed E-state index contributed by atoms with van der Waals surface area (Å²) in [6.07, 6.45) is -0.642. The average Bonchev–Trinajstić information content (AvgIpc) is 3.34. The van der Waals surface area contributed by atoms with E-state index in [1.807, 2.05) is 108 Å². The van der Waals surface area contributed by atoms with Crippen LogP contribution in [0.3, 0.4) is 0 Å². The first-order valence-electron chi connectivity index (χ1n) is 13.1. The fraction of sp³-hybridized carbons (Fsp3) is 0.147. The van der Waals surface area contributed by atoms with Gasteiger partial charge in [-0.15, -0.1) is 0 Å². The molecule has 2 unspecified atom stereocenters. The van der Waals surface area contributed by atoms with Crippen LogP contribution in [0.25, 0.3) is 10.8 Å². The lowest BCUT2D eigenvalue weighted by Gasteiger charge is -2.41. The van der Waals surface area contributed by atoms with Crippen LogP contribution in [0.4, 0.5) is 0 Å². The maximum absolute atomic E-state index is 13.4. The van der Waals surface area contributed by atoms with E-state index in [1.54, 1.807) is 0 Å². The molecule has 0 aromatic heterocycles. The first-order chi connectivity index (χ1) is 19.1. The molecule has 1 aliphatic rings. The highest BCUT2D eigenvalue weighted by Crippen LogP contribution is 2.46. The van der Waals surface area contributed by atoms with Crippen molar-refractivity contribution in [3.63, 3.8) is 0 Å². The minimum atomic E-state index is -1.79. The SMILES string of the molecule is O=C(O)C(OCc1ccccc1)(c1ccccc1)N1Cc2cc3ccccc3cc2C1OCc1ccccc1. The highest BCUT2D eigenvalue weighted by Gasteiger charge is 2.53. The Balaban J connectivity index is 1.47. The number of benzene rings is 5. The van der Waals surface area contributed by atoms with Crippen LogP contribution in [0.1, 0.15) is 34.0 Å². The summed E-state index contributed by atoms with van der Waals surface area (Å²) in [4.78, 5) is 15.3. The van der Waals surface area contributed by atoms with E-state index in [0.717, 1.165) is 33.0 Å². The zero-order valence-electron chi connectivity index (χ0n) is 21.4. The molecule has 0 spiro atoms. The average molecular weight is 516 g/mol. The summed E-state index contributed by atoms with van der Waals surface area (Å²) >= 11 is 0. The standard InChI is InChI=1S/C34H29NO4/c36-33(37)34(30-18-8-3-9-19-30,39-24-26-14-6-2-7-15-26)35-22-29-20-27-16-10-11-17-28(27)21-31(29)32(35)38-23-25-12-4-1-5-13-25/h1-21,32H,22-24H2,(H,36,37). The minimum absolute atomic E-state index is 0.127. The van der Waals surface area contributed by atoms with E-state index in [1.165, 1.54) is 0 Å². The molecular formula is C34H29NO4. The second kappa shape index (κ2) is 10.8. The zero-order valence-corrected chi connectivity index (χ0v) is 21.4. The second-order valence-electron chi connectivity index (χ2n) is 9.76. The van der Waals surface area contributed by atoms with Crippen LogP contribution < -0.4 is 0 Å². The Hall–Kier alpha value is -4.29. The molecule has 0 bridgehead atoms. The van der Waals surface area contributed by atoms with Crippen molar-refractivity contribution < 1.29 is 19.4 Å². The monoisotopic (exact) mass is 515 g/mol. The van der Waals surface area contributed by atoms with E-state index in [9.17, 15) is 9.90 Å². The smallest absolute Gasteiger partial charge is 0.356 e. The first kappa shape index (κ1) is 25.0. The normalized spacial score (nSPS) is 16.6. The Labute approximate surface area is 227 Å². The van der Waals surface area contributed by atoms with Crippen molar-refractivity contribution in [2.45, 2.75) is 31.7 Å². The second-order valence-corrected chi connectivity index (χ2v) is 9.76. The van der Waals surface area contributed by atoms with Crippen molar-refractivity contribution in [2.24, 2.45) is 0 Å². The van der Waals surface area contributed by atoms with Gasteiger partial charge in [-0.1, -0.05) is 115 Å². The van der Waals surface area contributed by atoms with Crippen LogP contribution in [0, 0.1) is 0 Å². The van der Waals surface area contributed by atoms with Gasteiger partial charge in [0.15, 0.2) is 0 Å². The highest BCUT2D eigenvalue weighted by molar-refractivity contribution is 5.85. The van der Waals surface area contributed by atoms with Crippen LogP contribution >= 0.6 is 0 Å². The fourth-order valence-electron chi connectivity index (χ4n) is 5.38. The molecular weight excluding hydrogens is 486 g/mol. The summed E-state index contributed by atoms with van der Waals surface area (Å²) in [6, 6.07) is 41.2. The van der Waals surface area contributed by atoms with Crippen molar-refractivity contribution in [3.8, 4) is 0 Å². The molecule has 1 heterocycles. The van der Waals surface area contributed by atoms with Gasteiger partial charge in [0.05, 0.1) is 13.2 Å². The van der Waals surface area contributed by atoms with Gasteiger partial charge in [0.25, 0.3) is 0 Å². The van der Waals surface area contributed by atoms with Gasteiger partial charge < -0.3 is 14.6 Å². The van der Waals surface area contributed by atoms with Gasteiger partial charge in [-0.3, -0.25) is 0 Å². The van der Waals surface area contributed by atoms with Crippen molar-refractivity contribution in [1.29, 1.82) is 0 Å². The van der Waals surface area contributed by atoms with Crippen molar-refractivity contribution >= 4 is 16.7 Å². The summed E-state index contributed by atoms with van der Waals surface area (Å²) in [6.45, 7) is 0.815. The summed E-state index contributed by atoms with van der Waals surface area (Å²) in [7, 11) is 0. The Morgan fingerprint density at radius 1 is 0.744 bits per heavy atom. The molecule has 194 valence electrons. The number of aliphatic carboxylic acids is 1. The maximum Gasteiger partial charge on any atom is 0.356 e. The molecule has 5 aromatic rings. The number of hydrogen-bond acceptors (Lipinski definition) is 4. The van der Waals surface area contributed by atoms with Crippen molar-refractivity contribution in [3.05, 3.63) is 155 Å². The first-order valence-corrected chi connectivity index (χ1v) is 13.1. The van der Waals surface area contributed by atoms with Gasteiger partial charge in [0, 0.05) is 17.7 Å². The molecule has 0 fully saturated rings. The van der Waals surface area contributed by atoms with Crippen molar-refractivity contribution in [1.82, 2.24) is 4.90 Å². The lowest BCUT2D eigenvalue weighted by Crippen LogP contribution is -2.53. The van der Waals surface area contributed by atoms with Crippen LogP contribution in [0.2, 0.25) is 0 Å². The summed E-state index contributed by atoms with van der Waals surface area (Å²) < 4.78 is 13.1. The summed E-state index contributed by atoms with van der Waals surface area (Å²) in [5, 5.41) is 13.1. The molecule has 39 heavy (non-hydrogen) atoms. The van der Waals surface area contributed by atoms with Gasteiger partial charge in [-0.2, -0.15) is 0 Å². The van der Waals surface area contributed by atoms with Crippen LogP contribution in [0.15, 0.2) is 127 Å². The topological polar surface area (TPSA) is 59.0 Å². The number of carboxylic acid groups (broad SMARTS) is 1. The molecule has 0 aliphatic carbocycles. The molecule has 0 amide bonds. The third-order valence-corrected chi connectivity index (χ3v) is 7.30. The Morgan fingerprint density at radius 3 is 1.90 bits per heavy atom. The number of ether oxygens (including phenoxy) is 2. The van der Waals surface area contributed by atoms with Crippen molar-refractivity contribution in [2.75, 3.05) is 0 Å². The van der Waals surface area contributed by atoms with E-state index >= 15 is 0 Å². The third kappa shape index (κ3) is 4.84. The predicted octanol–water partition coefficient (Wildman–Crippen LogP) is 7.03. The van der Waals surface area contributed by atoms with Gasteiger partial charge >= 0.3 is 5.97 Å². The number of nitrogens with zero attached hydrogens (tertiary/aromatic N) is 1. The van der Waals surface area contributed by atoms with Gasteiger partial charge in [-0.25, -0.2) is 9.69 Å². The number of rotatable bonds is 9. The molecule has 1 N–H and O–H groups in total. The van der Waals surface area contributed by atoms with E-state index < -0.39 is 17.9 Å². The molecule has 5 heteroatoms. The van der Waals surface area contributed by atoms with E-state index in [0.29, 0.717) is 18.7 Å². The van der Waals surface area contributed by atoms with Gasteiger partial charge in [0.2, 0.25) is 5.72 Å². The largest absolute Gasteiger partial charge is 0.478 e. The van der Waals surface area contributed by atoms with Gasteiger partial charge in [-0.05, 0) is 39.6 Å². The van der Waals surface area contributed by atoms with E-state index in [-0.39, 0.29) is 6.61 Å². The van der Waals surface area contributed by atoms with Crippen LogP contribution in [-0.4, -0.2) is 16.0 Å². The molecule has 6 rings (SSSR count). The van der Waals surface area contributed by atoms with Crippen LogP contribution in [0.5, 0.6) is 0 Å². The van der Waals surface area contributed by atoms with Gasteiger partial charge in [0.1, 0.15) is 6.23 Å². The van der Waals surface area contributed by atoms with E-state index in [2.05, 4.69) is 24.3 Å². The quantitative estimate of drug-likeness (QED) is 0.228. The molecule has 5 nitrogen and oxygen atoms in total. The predicted molar refractivity (Wildman–Crippen MR) is 150 cm³/mol. The number of carbonyl (C=O) groups is 1. The molecule has 5 aromatic carbocycles. The lowest BCUT2D eigenvalue weighted by atomic mass is 10.00. The molecule has 0 saturated heterocycles. The van der Waals surface area contributed by atoms with Crippen LogP contribution in [-0.2, 0) is 39.8 Å². The molecule has 0 radical (unpaired) electrons.